The Morgan fingerprint density at radius 2 is 2.39 bits per heavy atom. The number of nitrogens with zero attached hydrogens (tertiary/aromatic N) is 2. The Morgan fingerprint density at radius 1 is 1.56 bits per heavy atom. The Bertz CT molecular complexity index is 535. The van der Waals surface area contributed by atoms with Crippen LogP contribution in [0.15, 0.2) is 22.1 Å². The standard InChI is InChI=1S/C11H13N3O3S/c1-2-9-5-13-10(17-9)6-12-4-8-3-11(14(15)16)18-7-8/h3,5,7,12H,2,4,6H2,1H3. The summed E-state index contributed by atoms with van der Waals surface area (Å²) >= 11 is 1.13. The minimum atomic E-state index is -0.379. The molecule has 0 amide bonds. The van der Waals surface area contributed by atoms with Gasteiger partial charge in [0.05, 0.1) is 17.7 Å². The lowest BCUT2D eigenvalue weighted by molar-refractivity contribution is -0.380. The lowest BCUT2D eigenvalue weighted by atomic mass is 10.3. The Kier molecular flexibility index (Phi) is 4.06. The number of aromatic nitrogens is 1. The van der Waals surface area contributed by atoms with Crippen molar-refractivity contribution >= 4 is 16.3 Å². The Hall–Kier alpha value is -1.73. The van der Waals surface area contributed by atoms with Gasteiger partial charge in [0.1, 0.15) is 5.76 Å². The summed E-state index contributed by atoms with van der Waals surface area (Å²) < 4.78 is 5.43. The summed E-state index contributed by atoms with van der Waals surface area (Å²) in [4.78, 5) is 14.3. The van der Waals surface area contributed by atoms with E-state index in [1.807, 2.05) is 6.92 Å². The van der Waals surface area contributed by atoms with Crippen molar-refractivity contribution in [3.8, 4) is 0 Å². The topological polar surface area (TPSA) is 81.2 Å². The van der Waals surface area contributed by atoms with Gasteiger partial charge in [-0.2, -0.15) is 0 Å². The van der Waals surface area contributed by atoms with Crippen LogP contribution in [0.3, 0.4) is 0 Å². The summed E-state index contributed by atoms with van der Waals surface area (Å²) in [6.45, 7) is 3.08. The van der Waals surface area contributed by atoms with Crippen LogP contribution in [-0.2, 0) is 19.5 Å². The van der Waals surface area contributed by atoms with Gasteiger partial charge in [-0.05, 0) is 5.56 Å². The van der Waals surface area contributed by atoms with Crippen LogP contribution in [0.4, 0.5) is 5.00 Å². The molecule has 96 valence electrons. The zero-order valence-electron chi connectivity index (χ0n) is 9.88. The second-order valence-corrected chi connectivity index (χ2v) is 4.62. The van der Waals surface area contributed by atoms with Crippen molar-refractivity contribution in [1.82, 2.24) is 10.3 Å². The predicted molar refractivity (Wildman–Crippen MR) is 67.4 cm³/mol. The quantitative estimate of drug-likeness (QED) is 0.642. The van der Waals surface area contributed by atoms with Crippen LogP contribution in [-0.4, -0.2) is 9.91 Å². The van der Waals surface area contributed by atoms with Crippen molar-refractivity contribution < 1.29 is 9.34 Å². The molecule has 0 atom stereocenters. The van der Waals surface area contributed by atoms with Gasteiger partial charge < -0.3 is 9.73 Å². The van der Waals surface area contributed by atoms with Gasteiger partial charge in [0.25, 0.3) is 0 Å². The molecule has 0 bridgehead atoms. The van der Waals surface area contributed by atoms with Crippen molar-refractivity contribution in [3.05, 3.63) is 45.0 Å². The van der Waals surface area contributed by atoms with Gasteiger partial charge in [-0.15, -0.1) is 0 Å². The van der Waals surface area contributed by atoms with E-state index in [1.165, 1.54) is 0 Å². The highest BCUT2D eigenvalue weighted by atomic mass is 32.1. The molecule has 1 N–H and O–H groups in total. The first-order chi connectivity index (χ1) is 8.69. The second-order valence-electron chi connectivity index (χ2n) is 3.73. The molecule has 0 unspecified atom stereocenters. The second kappa shape index (κ2) is 5.74. The first kappa shape index (κ1) is 12.7. The van der Waals surface area contributed by atoms with E-state index in [2.05, 4.69) is 10.3 Å². The Balaban J connectivity index is 1.82. The molecule has 0 saturated heterocycles. The van der Waals surface area contributed by atoms with E-state index in [0.29, 0.717) is 19.0 Å². The highest BCUT2D eigenvalue weighted by molar-refractivity contribution is 7.13. The number of rotatable bonds is 6. The van der Waals surface area contributed by atoms with Gasteiger partial charge in [-0.1, -0.05) is 18.3 Å². The van der Waals surface area contributed by atoms with Crippen LogP contribution in [0.25, 0.3) is 0 Å². The molecule has 6 nitrogen and oxygen atoms in total. The maximum absolute atomic E-state index is 10.5. The Labute approximate surface area is 108 Å². The number of oxazole rings is 1. The molecule has 7 heteroatoms. The van der Waals surface area contributed by atoms with Gasteiger partial charge in [-0.25, -0.2) is 4.98 Å². The first-order valence-electron chi connectivity index (χ1n) is 5.55. The number of hydrogen-bond donors (Lipinski definition) is 1. The predicted octanol–water partition coefficient (Wildman–Crippen LogP) is 2.50. The fourth-order valence-corrected chi connectivity index (χ4v) is 2.19. The number of aryl methyl sites for hydroxylation is 1. The van der Waals surface area contributed by atoms with Crippen molar-refractivity contribution in [3.63, 3.8) is 0 Å². The molecule has 2 rings (SSSR count). The fraction of sp³-hybridized carbons (Fsp3) is 0.364. The van der Waals surface area contributed by atoms with Crippen molar-refractivity contribution in [1.29, 1.82) is 0 Å². The summed E-state index contributed by atoms with van der Waals surface area (Å²) in [7, 11) is 0. The van der Waals surface area contributed by atoms with Gasteiger partial charge in [0, 0.05) is 24.4 Å². The molecule has 0 radical (unpaired) electrons. The highest BCUT2D eigenvalue weighted by Crippen LogP contribution is 2.22. The average molecular weight is 267 g/mol. The van der Waals surface area contributed by atoms with Crippen molar-refractivity contribution in [2.24, 2.45) is 0 Å². The summed E-state index contributed by atoms with van der Waals surface area (Å²) in [5, 5.41) is 15.6. The first-order valence-corrected chi connectivity index (χ1v) is 6.43. The zero-order valence-corrected chi connectivity index (χ0v) is 10.7. The third-order valence-corrected chi connectivity index (χ3v) is 3.30. The normalized spacial score (nSPS) is 10.7. The molecule has 0 spiro atoms. The van der Waals surface area contributed by atoms with E-state index in [4.69, 9.17) is 4.42 Å². The number of nitrogens with one attached hydrogen (secondary N) is 1. The largest absolute Gasteiger partial charge is 0.444 e. The van der Waals surface area contributed by atoms with Crippen LogP contribution in [0.1, 0.15) is 24.1 Å². The molecule has 2 aromatic heterocycles. The van der Waals surface area contributed by atoms with Crippen LogP contribution in [0.2, 0.25) is 0 Å². The van der Waals surface area contributed by atoms with Crippen molar-refractivity contribution in [2.45, 2.75) is 26.4 Å². The molecular weight excluding hydrogens is 254 g/mol. The lowest BCUT2D eigenvalue weighted by Crippen LogP contribution is -2.12. The molecule has 2 heterocycles. The van der Waals surface area contributed by atoms with Gasteiger partial charge in [0.2, 0.25) is 5.89 Å². The van der Waals surface area contributed by atoms with Crippen molar-refractivity contribution in [2.75, 3.05) is 0 Å². The van der Waals surface area contributed by atoms with Crippen LogP contribution < -0.4 is 5.32 Å². The summed E-state index contributed by atoms with van der Waals surface area (Å²) in [6.07, 6.45) is 2.54. The van der Waals surface area contributed by atoms with E-state index in [0.717, 1.165) is 29.1 Å². The van der Waals surface area contributed by atoms with E-state index in [-0.39, 0.29) is 9.92 Å². The monoisotopic (exact) mass is 267 g/mol. The van der Waals surface area contributed by atoms with E-state index >= 15 is 0 Å². The molecule has 18 heavy (non-hydrogen) atoms. The van der Waals surface area contributed by atoms with E-state index in [9.17, 15) is 10.1 Å². The molecule has 0 aliphatic carbocycles. The molecule has 0 fully saturated rings. The number of thiophene rings is 1. The lowest BCUT2D eigenvalue weighted by Gasteiger charge is -1.98. The summed E-state index contributed by atoms with van der Waals surface area (Å²) in [6, 6.07) is 1.57. The molecule has 0 aromatic carbocycles. The maximum Gasteiger partial charge on any atom is 0.324 e. The molecule has 0 aliphatic rings. The van der Waals surface area contributed by atoms with Crippen LogP contribution >= 0.6 is 11.3 Å². The summed E-state index contributed by atoms with van der Waals surface area (Å²) in [5.41, 5.74) is 0.897. The SMILES string of the molecule is CCc1cnc(CNCc2csc([N+](=O)[O-])c2)o1. The van der Waals surface area contributed by atoms with E-state index in [1.54, 1.807) is 17.6 Å². The van der Waals surface area contributed by atoms with E-state index < -0.39 is 0 Å². The molecule has 0 saturated carbocycles. The number of hydrogen-bond acceptors (Lipinski definition) is 6. The third-order valence-electron chi connectivity index (χ3n) is 2.38. The van der Waals surface area contributed by atoms with Crippen LogP contribution in [0.5, 0.6) is 0 Å². The maximum atomic E-state index is 10.5. The fourth-order valence-electron chi connectivity index (χ4n) is 1.46. The zero-order chi connectivity index (χ0) is 13.0. The molecule has 2 aromatic rings. The minimum absolute atomic E-state index is 0.163. The third kappa shape index (κ3) is 3.14. The smallest absolute Gasteiger partial charge is 0.324 e. The highest BCUT2D eigenvalue weighted by Gasteiger charge is 2.09. The molecule has 0 aliphatic heterocycles. The van der Waals surface area contributed by atoms with Gasteiger partial charge in [-0.3, -0.25) is 10.1 Å². The minimum Gasteiger partial charge on any atom is -0.444 e. The van der Waals surface area contributed by atoms with Crippen LogP contribution in [0, 0.1) is 10.1 Å². The summed E-state index contributed by atoms with van der Waals surface area (Å²) in [5.74, 6) is 1.49. The Morgan fingerprint density at radius 3 is 3.00 bits per heavy atom. The number of nitro groups is 1. The average Bonchev–Trinajstić information content (AvgIpc) is 2.97. The molecular formula is C11H13N3O3S. The van der Waals surface area contributed by atoms with Gasteiger partial charge >= 0.3 is 5.00 Å². The van der Waals surface area contributed by atoms with Gasteiger partial charge in [0.15, 0.2) is 0 Å².